The molecule has 1 atom stereocenters. The van der Waals surface area contributed by atoms with Crippen molar-refractivity contribution in [2.45, 2.75) is 32.2 Å². The Morgan fingerprint density at radius 2 is 1.81 bits per heavy atom. The molecule has 0 unspecified atom stereocenters. The topological polar surface area (TPSA) is 132 Å². The van der Waals surface area contributed by atoms with Crippen molar-refractivity contribution in [2.24, 2.45) is 17.2 Å². The summed E-state index contributed by atoms with van der Waals surface area (Å²) in [7, 11) is 0. The van der Waals surface area contributed by atoms with Gasteiger partial charge in [-0.15, -0.1) is 0 Å². The molecule has 0 bridgehead atoms. The molecule has 0 radical (unpaired) electrons. The summed E-state index contributed by atoms with van der Waals surface area (Å²) in [6.07, 6.45) is 2.42. The van der Waals surface area contributed by atoms with E-state index in [1.807, 2.05) is 0 Å². The van der Waals surface area contributed by atoms with Crippen LogP contribution in [0.2, 0.25) is 0 Å². The van der Waals surface area contributed by atoms with Crippen molar-refractivity contribution in [3.63, 3.8) is 0 Å². The summed E-state index contributed by atoms with van der Waals surface area (Å²) in [5, 5.41) is 7.89. The van der Waals surface area contributed by atoms with Crippen molar-refractivity contribution in [3.05, 3.63) is 12.2 Å². The molecule has 0 saturated carbocycles. The van der Waals surface area contributed by atoms with Gasteiger partial charge in [-0.1, -0.05) is 13.0 Å². The molecule has 94 valence electrons. The first kappa shape index (κ1) is 17.0. The van der Waals surface area contributed by atoms with E-state index in [4.69, 9.17) is 22.3 Å². The molecule has 0 saturated heterocycles. The molecule has 0 heterocycles. The SMILES string of the molecule is C=C(C)C(=O)O.NCCCC[C@H](N)C(N)=O. The number of carboxylic acid groups (broad SMARTS) is 1. The number of unbranched alkanes of at least 4 members (excludes halogenated alkanes) is 1. The van der Waals surface area contributed by atoms with Gasteiger partial charge < -0.3 is 22.3 Å². The number of primary amides is 1. The zero-order chi connectivity index (χ0) is 13.1. The quantitative estimate of drug-likeness (QED) is 0.364. The Kier molecular flexibility index (Phi) is 10.8. The van der Waals surface area contributed by atoms with Gasteiger partial charge in [0, 0.05) is 5.57 Å². The predicted molar refractivity (Wildman–Crippen MR) is 62.5 cm³/mol. The minimum Gasteiger partial charge on any atom is -0.478 e. The van der Waals surface area contributed by atoms with E-state index in [1.54, 1.807) is 0 Å². The number of amides is 1. The van der Waals surface area contributed by atoms with Gasteiger partial charge in [-0.25, -0.2) is 4.79 Å². The van der Waals surface area contributed by atoms with Crippen molar-refractivity contribution < 1.29 is 14.7 Å². The van der Waals surface area contributed by atoms with Gasteiger partial charge in [-0.2, -0.15) is 0 Å². The van der Waals surface area contributed by atoms with E-state index in [9.17, 15) is 9.59 Å². The van der Waals surface area contributed by atoms with Crippen LogP contribution in [0.5, 0.6) is 0 Å². The van der Waals surface area contributed by atoms with Crippen molar-refractivity contribution in [1.29, 1.82) is 0 Å². The van der Waals surface area contributed by atoms with E-state index < -0.39 is 17.9 Å². The Bertz CT molecular complexity index is 229. The van der Waals surface area contributed by atoms with Gasteiger partial charge in [0.05, 0.1) is 6.04 Å². The summed E-state index contributed by atoms with van der Waals surface area (Å²) in [6, 6.07) is -0.494. The Morgan fingerprint density at radius 1 is 1.38 bits per heavy atom. The molecule has 0 fully saturated rings. The van der Waals surface area contributed by atoms with Crippen molar-refractivity contribution in [2.75, 3.05) is 6.54 Å². The van der Waals surface area contributed by atoms with E-state index in [0.29, 0.717) is 13.0 Å². The number of carboxylic acids is 1. The monoisotopic (exact) mass is 231 g/mol. The third-order valence-corrected chi connectivity index (χ3v) is 1.70. The van der Waals surface area contributed by atoms with Crippen molar-refractivity contribution in [3.8, 4) is 0 Å². The van der Waals surface area contributed by atoms with Gasteiger partial charge in [-0.05, 0) is 26.3 Å². The molecule has 0 aromatic rings. The third-order valence-electron chi connectivity index (χ3n) is 1.70. The normalized spacial score (nSPS) is 10.9. The van der Waals surface area contributed by atoms with Crippen molar-refractivity contribution >= 4 is 11.9 Å². The molecule has 0 aromatic heterocycles. The van der Waals surface area contributed by atoms with Crippen LogP contribution in [0.3, 0.4) is 0 Å². The molecule has 6 heteroatoms. The van der Waals surface area contributed by atoms with Crippen LogP contribution < -0.4 is 17.2 Å². The zero-order valence-electron chi connectivity index (χ0n) is 9.61. The Morgan fingerprint density at radius 3 is 2.06 bits per heavy atom. The number of aliphatic carboxylic acids is 1. The average Bonchev–Trinajstić information content (AvgIpc) is 2.18. The smallest absolute Gasteiger partial charge is 0.330 e. The van der Waals surface area contributed by atoms with Crippen molar-refractivity contribution in [1.82, 2.24) is 0 Å². The molecule has 16 heavy (non-hydrogen) atoms. The highest BCUT2D eigenvalue weighted by Crippen LogP contribution is 1.96. The second-order valence-electron chi connectivity index (χ2n) is 3.38. The lowest BCUT2D eigenvalue weighted by atomic mass is 10.1. The molecule has 0 aliphatic carbocycles. The summed E-state index contributed by atoms with van der Waals surface area (Å²) in [4.78, 5) is 20.0. The summed E-state index contributed by atoms with van der Waals surface area (Å²) >= 11 is 0. The number of hydrogen-bond acceptors (Lipinski definition) is 4. The van der Waals surface area contributed by atoms with Gasteiger partial charge >= 0.3 is 5.97 Å². The number of rotatable bonds is 6. The number of nitrogens with two attached hydrogens (primary N) is 3. The Hall–Kier alpha value is -1.40. The number of hydrogen-bond donors (Lipinski definition) is 4. The predicted octanol–water partition coefficient (Wildman–Crippen LogP) is -0.425. The second-order valence-corrected chi connectivity index (χ2v) is 3.38. The highest BCUT2D eigenvalue weighted by molar-refractivity contribution is 5.84. The molecular formula is C10H21N3O3. The first-order chi connectivity index (χ1) is 7.32. The maximum atomic E-state index is 10.4. The van der Waals surface area contributed by atoms with Crippen LogP contribution in [0.1, 0.15) is 26.2 Å². The summed E-state index contributed by atoms with van der Waals surface area (Å²) in [5.74, 6) is -1.37. The third kappa shape index (κ3) is 12.6. The molecular weight excluding hydrogens is 210 g/mol. The van der Waals surface area contributed by atoms with E-state index in [1.165, 1.54) is 6.92 Å². The van der Waals surface area contributed by atoms with Crippen LogP contribution in [-0.4, -0.2) is 29.6 Å². The molecule has 0 rings (SSSR count). The molecule has 0 spiro atoms. The van der Waals surface area contributed by atoms with Gasteiger partial charge in [0.1, 0.15) is 0 Å². The molecule has 0 aromatic carbocycles. The summed E-state index contributed by atoms with van der Waals surface area (Å²) in [5.41, 5.74) is 15.7. The van der Waals surface area contributed by atoms with Crippen LogP contribution in [0, 0.1) is 0 Å². The van der Waals surface area contributed by atoms with Crippen LogP contribution in [0.4, 0.5) is 0 Å². The molecule has 1 amide bonds. The minimum atomic E-state index is -0.935. The Balaban J connectivity index is 0. The maximum Gasteiger partial charge on any atom is 0.330 e. The highest BCUT2D eigenvalue weighted by atomic mass is 16.4. The van der Waals surface area contributed by atoms with Gasteiger partial charge in [0.25, 0.3) is 0 Å². The first-order valence-electron chi connectivity index (χ1n) is 4.96. The van der Waals surface area contributed by atoms with Gasteiger partial charge in [-0.3, -0.25) is 4.79 Å². The number of carbonyl (C=O) groups excluding carboxylic acids is 1. The lowest BCUT2D eigenvalue weighted by Crippen LogP contribution is -2.36. The van der Waals surface area contributed by atoms with Crippen LogP contribution in [-0.2, 0) is 9.59 Å². The standard InChI is InChI=1S/C6H15N3O.C4H6O2/c7-4-2-1-3-5(8)6(9)10;1-3(2)4(5)6/h5H,1-4,7-8H2,(H2,9,10);1H2,2H3,(H,5,6)/t5-;/m0./s1. The maximum absolute atomic E-state index is 10.4. The number of carbonyl (C=O) groups is 2. The second kappa shape index (κ2) is 10.1. The Labute approximate surface area is 95.5 Å². The fourth-order valence-corrected chi connectivity index (χ4v) is 0.651. The van der Waals surface area contributed by atoms with E-state index >= 15 is 0 Å². The first-order valence-corrected chi connectivity index (χ1v) is 4.96. The van der Waals surface area contributed by atoms with Crippen LogP contribution in [0.15, 0.2) is 12.2 Å². The lowest BCUT2D eigenvalue weighted by molar-refractivity contribution is -0.132. The molecule has 0 aliphatic rings. The largest absolute Gasteiger partial charge is 0.478 e. The average molecular weight is 231 g/mol. The van der Waals surface area contributed by atoms with E-state index in [2.05, 4.69) is 6.58 Å². The molecule has 6 nitrogen and oxygen atoms in total. The van der Waals surface area contributed by atoms with Crippen LogP contribution >= 0.6 is 0 Å². The minimum absolute atomic E-state index is 0.176. The lowest BCUT2D eigenvalue weighted by Gasteiger charge is -2.04. The molecule has 7 N–H and O–H groups in total. The fourth-order valence-electron chi connectivity index (χ4n) is 0.651. The zero-order valence-corrected chi connectivity index (χ0v) is 9.61. The van der Waals surface area contributed by atoms with Gasteiger partial charge in [0.2, 0.25) is 5.91 Å². The van der Waals surface area contributed by atoms with Gasteiger partial charge in [0.15, 0.2) is 0 Å². The van der Waals surface area contributed by atoms with E-state index in [0.717, 1.165) is 12.8 Å². The summed E-state index contributed by atoms with van der Waals surface area (Å²) in [6.45, 7) is 5.25. The fraction of sp³-hybridized carbons (Fsp3) is 0.600. The van der Waals surface area contributed by atoms with Crippen LogP contribution in [0.25, 0.3) is 0 Å². The molecule has 0 aliphatic heterocycles. The summed E-state index contributed by atoms with van der Waals surface area (Å²) < 4.78 is 0. The highest BCUT2D eigenvalue weighted by Gasteiger charge is 2.06. The van der Waals surface area contributed by atoms with E-state index in [-0.39, 0.29) is 5.57 Å².